The van der Waals surface area contributed by atoms with Crippen LogP contribution in [0, 0.1) is 0 Å². The number of rotatable bonds is 9. The normalized spacial score (nSPS) is 25.4. The maximum Gasteiger partial charge on any atom is 0.0235 e. The fourth-order valence-corrected chi connectivity index (χ4v) is 3.48. The summed E-state index contributed by atoms with van der Waals surface area (Å²) >= 11 is 0. The maximum atomic E-state index is 3.49. The molecule has 0 spiro atoms. The molecule has 1 atom stereocenters. The molecule has 0 aromatic carbocycles. The van der Waals surface area contributed by atoms with Crippen LogP contribution in [-0.2, 0) is 0 Å². The second kappa shape index (κ2) is 8.93. The highest BCUT2D eigenvalue weighted by Crippen LogP contribution is 2.20. The Labute approximate surface area is 119 Å². The van der Waals surface area contributed by atoms with Crippen molar-refractivity contribution in [3.05, 3.63) is 0 Å². The second-order valence-electron chi connectivity index (χ2n) is 6.30. The van der Waals surface area contributed by atoms with E-state index >= 15 is 0 Å². The molecule has 19 heavy (non-hydrogen) atoms. The van der Waals surface area contributed by atoms with Crippen LogP contribution < -0.4 is 5.32 Å². The van der Waals surface area contributed by atoms with E-state index < -0.39 is 0 Å². The maximum absolute atomic E-state index is 3.49. The van der Waals surface area contributed by atoms with Crippen molar-refractivity contribution in [3.8, 4) is 0 Å². The van der Waals surface area contributed by atoms with Crippen molar-refractivity contribution in [1.29, 1.82) is 0 Å². The average Bonchev–Trinajstić information content (AvgIpc) is 3.08. The standard InChI is InChI=1S/C16H33N3/c1-2-9-17-10-4-3-5-11-18-14-8-16(15-18)19-12-6-7-13-19/h16-17H,2-15H2,1H3. The molecule has 2 aliphatic heterocycles. The van der Waals surface area contributed by atoms with Crippen molar-refractivity contribution < 1.29 is 0 Å². The summed E-state index contributed by atoms with van der Waals surface area (Å²) in [5, 5.41) is 3.49. The van der Waals surface area contributed by atoms with Crippen molar-refractivity contribution in [2.75, 3.05) is 45.8 Å². The monoisotopic (exact) mass is 267 g/mol. The first-order chi connectivity index (χ1) is 9.40. The van der Waals surface area contributed by atoms with E-state index in [4.69, 9.17) is 0 Å². The highest BCUT2D eigenvalue weighted by molar-refractivity contribution is 4.85. The van der Waals surface area contributed by atoms with Gasteiger partial charge < -0.3 is 10.2 Å². The molecule has 2 heterocycles. The average molecular weight is 267 g/mol. The minimum absolute atomic E-state index is 0.883. The van der Waals surface area contributed by atoms with Gasteiger partial charge in [-0.15, -0.1) is 0 Å². The molecule has 1 N–H and O–H groups in total. The first-order valence-corrected chi connectivity index (χ1v) is 8.57. The van der Waals surface area contributed by atoms with Crippen LogP contribution in [0.15, 0.2) is 0 Å². The van der Waals surface area contributed by atoms with Crippen molar-refractivity contribution in [3.63, 3.8) is 0 Å². The summed E-state index contributed by atoms with van der Waals surface area (Å²) in [6, 6.07) is 0.883. The Kier molecular flexibility index (Phi) is 7.18. The van der Waals surface area contributed by atoms with E-state index in [1.165, 1.54) is 90.8 Å². The van der Waals surface area contributed by atoms with Gasteiger partial charge in [0.2, 0.25) is 0 Å². The Morgan fingerprint density at radius 1 is 1.00 bits per heavy atom. The van der Waals surface area contributed by atoms with Crippen molar-refractivity contribution in [2.45, 2.75) is 57.9 Å². The van der Waals surface area contributed by atoms with Crippen LogP contribution in [-0.4, -0.2) is 61.7 Å². The zero-order valence-electron chi connectivity index (χ0n) is 12.9. The van der Waals surface area contributed by atoms with Gasteiger partial charge in [0.1, 0.15) is 0 Å². The third kappa shape index (κ3) is 5.41. The summed E-state index contributed by atoms with van der Waals surface area (Å²) in [4.78, 5) is 5.43. The quantitative estimate of drug-likeness (QED) is 0.647. The molecule has 112 valence electrons. The summed E-state index contributed by atoms with van der Waals surface area (Å²) in [5.41, 5.74) is 0. The molecule has 3 heteroatoms. The first kappa shape index (κ1) is 15.3. The van der Waals surface area contributed by atoms with Gasteiger partial charge in [-0.1, -0.05) is 13.3 Å². The summed E-state index contributed by atoms with van der Waals surface area (Å²) in [6.07, 6.45) is 9.66. The molecule has 0 bridgehead atoms. The largest absolute Gasteiger partial charge is 0.317 e. The van der Waals surface area contributed by atoms with E-state index in [2.05, 4.69) is 22.0 Å². The lowest BCUT2D eigenvalue weighted by molar-refractivity contribution is 0.231. The SMILES string of the molecule is CCCNCCCCCN1CCC(N2CCCC2)C1. The molecule has 3 nitrogen and oxygen atoms in total. The van der Waals surface area contributed by atoms with Crippen LogP contribution in [0.1, 0.15) is 51.9 Å². The van der Waals surface area contributed by atoms with Crippen LogP contribution in [0.4, 0.5) is 0 Å². The van der Waals surface area contributed by atoms with E-state index in [9.17, 15) is 0 Å². The second-order valence-corrected chi connectivity index (χ2v) is 6.30. The van der Waals surface area contributed by atoms with Crippen LogP contribution in [0.5, 0.6) is 0 Å². The summed E-state index contributed by atoms with van der Waals surface area (Å²) < 4.78 is 0. The lowest BCUT2D eigenvalue weighted by Crippen LogP contribution is -2.35. The van der Waals surface area contributed by atoms with E-state index in [-0.39, 0.29) is 0 Å². The van der Waals surface area contributed by atoms with Gasteiger partial charge >= 0.3 is 0 Å². The highest BCUT2D eigenvalue weighted by Gasteiger charge is 2.28. The van der Waals surface area contributed by atoms with Gasteiger partial charge in [-0.3, -0.25) is 4.90 Å². The number of hydrogen-bond acceptors (Lipinski definition) is 3. The fourth-order valence-electron chi connectivity index (χ4n) is 3.48. The van der Waals surface area contributed by atoms with E-state index in [0.717, 1.165) is 6.04 Å². The summed E-state index contributed by atoms with van der Waals surface area (Å²) in [5.74, 6) is 0. The molecule has 1 unspecified atom stereocenters. The molecule has 2 aliphatic rings. The smallest absolute Gasteiger partial charge is 0.0235 e. The van der Waals surface area contributed by atoms with Crippen LogP contribution in [0.25, 0.3) is 0 Å². The van der Waals surface area contributed by atoms with E-state index in [0.29, 0.717) is 0 Å². The first-order valence-electron chi connectivity index (χ1n) is 8.57. The van der Waals surface area contributed by atoms with Gasteiger partial charge in [0.05, 0.1) is 0 Å². The lowest BCUT2D eigenvalue weighted by atomic mass is 10.2. The summed E-state index contributed by atoms with van der Waals surface area (Å²) in [6.45, 7) is 11.4. The molecule has 0 amide bonds. The molecule has 0 saturated carbocycles. The van der Waals surface area contributed by atoms with Gasteiger partial charge in [-0.05, 0) is 77.8 Å². The molecule has 0 aliphatic carbocycles. The molecule has 0 aromatic heterocycles. The lowest BCUT2D eigenvalue weighted by Gasteiger charge is -2.23. The van der Waals surface area contributed by atoms with Crippen LogP contribution in [0.2, 0.25) is 0 Å². The molecule has 2 saturated heterocycles. The van der Waals surface area contributed by atoms with E-state index in [1.807, 2.05) is 0 Å². The van der Waals surface area contributed by atoms with Crippen molar-refractivity contribution in [2.24, 2.45) is 0 Å². The van der Waals surface area contributed by atoms with Gasteiger partial charge in [-0.2, -0.15) is 0 Å². The Morgan fingerprint density at radius 3 is 2.63 bits per heavy atom. The third-order valence-corrected chi connectivity index (χ3v) is 4.66. The van der Waals surface area contributed by atoms with Crippen LogP contribution >= 0.6 is 0 Å². The number of nitrogens with zero attached hydrogens (tertiary/aromatic N) is 2. The predicted octanol–water partition coefficient (Wildman–Crippen LogP) is 2.33. The number of unbranched alkanes of at least 4 members (excludes halogenated alkanes) is 2. The third-order valence-electron chi connectivity index (χ3n) is 4.66. The molecule has 2 rings (SSSR count). The van der Waals surface area contributed by atoms with Gasteiger partial charge in [0, 0.05) is 12.6 Å². The Hall–Kier alpha value is -0.120. The number of nitrogens with one attached hydrogen (secondary N) is 1. The predicted molar refractivity (Wildman–Crippen MR) is 82.7 cm³/mol. The molecule has 0 radical (unpaired) electrons. The Balaban J connectivity index is 1.46. The minimum Gasteiger partial charge on any atom is -0.317 e. The van der Waals surface area contributed by atoms with Crippen molar-refractivity contribution in [1.82, 2.24) is 15.1 Å². The Bertz CT molecular complexity index is 226. The van der Waals surface area contributed by atoms with Gasteiger partial charge in [0.25, 0.3) is 0 Å². The highest BCUT2D eigenvalue weighted by atomic mass is 15.3. The molecule has 2 fully saturated rings. The van der Waals surface area contributed by atoms with Gasteiger partial charge in [-0.25, -0.2) is 0 Å². The zero-order chi connectivity index (χ0) is 13.3. The Morgan fingerprint density at radius 2 is 1.84 bits per heavy atom. The minimum atomic E-state index is 0.883. The van der Waals surface area contributed by atoms with Crippen LogP contribution in [0.3, 0.4) is 0 Å². The number of hydrogen-bond donors (Lipinski definition) is 1. The molecular formula is C16H33N3. The fraction of sp³-hybridized carbons (Fsp3) is 1.00. The zero-order valence-corrected chi connectivity index (χ0v) is 12.9. The molecule has 0 aromatic rings. The number of likely N-dealkylation sites (tertiary alicyclic amines) is 2. The van der Waals surface area contributed by atoms with Crippen molar-refractivity contribution >= 4 is 0 Å². The molecular weight excluding hydrogens is 234 g/mol. The van der Waals surface area contributed by atoms with E-state index in [1.54, 1.807) is 0 Å². The topological polar surface area (TPSA) is 18.5 Å². The summed E-state index contributed by atoms with van der Waals surface area (Å²) in [7, 11) is 0. The van der Waals surface area contributed by atoms with Gasteiger partial charge in [0.15, 0.2) is 0 Å².